The molecule has 0 bridgehead atoms. The SMILES string of the molecule is O=C1Cc2c(ncnc2C(=O)NCc2ncc(C(=O)Nc3cc(C(F)(F)F)c(Cl)cn3)s2)N1. The number of thiazole rings is 1. The molecular weight excluding hydrogens is 487 g/mol. The number of rotatable bonds is 5. The number of amides is 3. The van der Waals surface area contributed by atoms with Crippen molar-refractivity contribution < 1.29 is 27.6 Å². The third kappa shape index (κ3) is 4.90. The second-order valence-electron chi connectivity index (χ2n) is 6.58. The van der Waals surface area contributed by atoms with E-state index in [-0.39, 0.29) is 41.1 Å². The predicted octanol–water partition coefficient (Wildman–Crippen LogP) is 2.68. The van der Waals surface area contributed by atoms with E-state index in [0.717, 1.165) is 23.9 Å². The number of hydrogen-bond acceptors (Lipinski definition) is 8. The van der Waals surface area contributed by atoms with Crippen molar-refractivity contribution in [1.29, 1.82) is 0 Å². The Kier molecular flexibility index (Phi) is 5.95. The van der Waals surface area contributed by atoms with Crippen molar-refractivity contribution in [2.75, 3.05) is 10.6 Å². The molecule has 0 aromatic carbocycles. The lowest BCUT2D eigenvalue weighted by molar-refractivity contribution is -0.137. The molecule has 0 atom stereocenters. The molecule has 1 aliphatic heterocycles. The summed E-state index contributed by atoms with van der Waals surface area (Å²) in [5.41, 5.74) is -0.703. The van der Waals surface area contributed by atoms with Gasteiger partial charge in [-0.25, -0.2) is 19.9 Å². The molecule has 0 saturated carbocycles. The summed E-state index contributed by atoms with van der Waals surface area (Å²) >= 11 is 6.44. The van der Waals surface area contributed by atoms with Crippen LogP contribution in [0, 0.1) is 0 Å². The number of fused-ring (bicyclic) bond motifs is 1. The highest BCUT2D eigenvalue weighted by molar-refractivity contribution is 7.13. The third-order valence-electron chi connectivity index (χ3n) is 4.34. The number of aromatic nitrogens is 4. The maximum atomic E-state index is 13.0. The third-order valence-corrected chi connectivity index (χ3v) is 5.63. The molecule has 3 aromatic rings. The first kappa shape index (κ1) is 22.5. The van der Waals surface area contributed by atoms with Gasteiger partial charge in [0.05, 0.1) is 29.7 Å². The highest BCUT2D eigenvalue weighted by Gasteiger charge is 2.34. The molecular formula is C18H11ClF3N7O3S. The van der Waals surface area contributed by atoms with Gasteiger partial charge in [0.15, 0.2) is 0 Å². The summed E-state index contributed by atoms with van der Waals surface area (Å²) in [6.45, 7) is -0.0473. The van der Waals surface area contributed by atoms with Crippen molar-refractivity contribution in [3.63, 3.8) is 0 Å². The van der Waals surface area contributed by atoms with E-state index in [2.05, 4.69) is 35.9 Å². The minimum atomic E-state index is -4.71. The molecule has 0 saturated heterocycles. The molecule has 170 valence electrons. The highest BCUT2D eigenvalue weighted by Crippen LogP contribution is 2.35. The van der Waals surface area contributed by atoms with Gasteiger partial charge >= 0.3 is 6.18 Å². The molecule has 33 heavy (non-hydrogen) atoms. The first-order valence-corrected chi connectivity index (χ1v) is 10.2. The van der Waals surface area contributed by atoms with E-state index in [9.17, 15) is 27.6 Å². The predicted molar refractivity (Wildman–Crippen MR) is 110 cm³/mol. The van der Waals surface area contributed by atoms with Gasteiger partial charge < -0.3 is 16.0 Å². The molecule has 0 fully saturated rings. The van der Waals surface area contributed by atoms with Crippen molar-refractivity contribution in [2.45, 2.75) is 19.1 Å². The number of nitrogens with zero attached hydrogens (tertiary/aromatic N) is 4. The van der Waals surface area contributed by atoms with Crippen molar-refractivity contribution >= 4 is 52.3 Å². The number of carbonyl (C=O) groups excluding carboxylic acids is 3. The lowest BCUT2D eigenvalue weighted by Gasteiger charge is -2.10. The van der Waals surface area contributed by atoms with Crippen LogP contribution in [0.25, 0.3) is 0 Å². The maximum absolute atomic E-state index is 13.0. The van der Waals surface area contributed by atoms with Crippen LogP contribution in [0.2, 0.25) is 5.02 Å². The van der Waals surface area contributed by atoms with E-state index in [1.54, 1.807) is 0 Å². The molecule has 4 rings (SSSR count). The van der Waals surface area contributed by atoms with Crippen molar-refractivity contribution in [3.8, 4) is 0 Å². The van der Waals surface area contributed by atoms with Gasteiger partial charge in [-0.2, -0.15) is 13.2 Å². The molecule has 10 nitrogen and oxygen atoms in total. The average Bonchev–Trinajstić information content (AvgIpc) is 3.38. The Balaban J connectivity index is 1.40. The van der Waals surface area contributed by atoms with E-state index in [1.807, 2.05) is 0 Å². The van der Waals surface area contributed by atoms with Crippen LogP contribution in [0.4, 0.5) is 24.8 Å². The Morgan fingerprint density at radius 1 is 1.15 bits per heavy atom. The molecule has 0 aliphatic carbocycles. The smallest absolute Gasteiger partial charge is 0.344 e. The van der Waals surface area contributed by atoms with Crippen LogP contribution in [0.15, 0.2) is 24.8 Å². The van der Waals surface area contributed by atoms with Gasteiger partial charge in [-0.1, -0.05) is 11.6 Å². The monoisotopic (exact) mass is 497 g/mol. The largest absolute Gasteiger partial charge is 0.418 e. The zero-order valence-electron chi connectivity index (χ0n) is 16.2. The molecule has 0 unspecified atom stereocenters. The quantitative estimate of drug-likeness (QED) is 0.492. The van der Waals surface area contributed by atoms with Crippen LogP contribution in [-0.2, 0) is 23.9 Å². The average molecular weight is 498 g/mol. The number of anilines is 2. The number of pyridine rings is 1. The Bertz CT molecular complexity index is 1280. The minimum absolute atomic E-state index is 0.0186. The standard InChI is InChI=1S/C18H11ClF3N7O3S/c19-9-3-23-11(2-8(9)18(20,21)22)28-16(31)10-4-24-13(33-10)5-25-17(32)14-7-1-12(30)29-15(7)27-6-26-14/h2-4,6H,1,5H2,(H,25,32)(H,23,28,31)(H,26,27,29,30). The molecule has 0 radical (unpaired) electrons. The van der Waals surface area contributed by atoms with Crippen molar-refractivity contribution in [1.82, 2.24) is 25.3 Å². The second-order valence-corrected chi connectivity index (χ2v) is 8.10. The normalized spacial score (nSPS) is 12.8. The highest BCUT2D eigenvalue weighted by atomic mass is 35.5. The summed E-state index contributed by atoms with van der Waals surface area (Å²) in [5, 5.41) is 7.12. The lowest BCUT2D eigenvalue weighted by atomic mass is 10.1. The minimum Gasteiger partial charge on any atom is -0.344 e. The van der Waals surface area contributed by atoms with Gasteiger partial charge in [0, 0.05) is 11.8 Å². The molecule has 1 aliphatic rings. The lowest BCUT2D eigenvalue weighted by Crippen LogP contribution is -2.25. The van der Waals surface area contributed by atoms with Crippen LogP contribution < -0.4 is 16.0 Å². The molecule has 0 spiro atoms. The van der Waals surface area contributed by atoms with E-state index >= 15 is 0 Å². The topological polar surface area (TPSA) is 139 Å². The fourth-order valence-corrected chi connectivity index (χ4v) is 3.82. The molecule has 4 heterocycles. The van der Waals surface area contributed by atoms with E-state index < -0.39 is 28.6 Å². The number of halogens is 4. The van der Waals surface area contributed by atoms with Crippen LogP contribution in [0.5, 0.6) is 0 Å². The van der Waals surface area contributed by atoms with E-state index in [4.69, 9.17) is 11.6 Å². The van der Waals surface area contributed by atoms with Gasteiger partial charge in [-0.05, 0) is 6.07 Å². The summed E-state index contributed by atoms with van der Waals surface area (Å²) in [6, 6.07) is 0.627. The van der Waals surface area contributed by atoms with Gasteiger partial charge in [-0.3, -0.25) is 14.4 Å². The molecule has 3 N–H and O–H groups in total. The van der Waals surface area contributed by atoms with E-state index in [0.29, 0.717) is 16.6 Å². The molecule has 15 heteroatoms. The van der Waals surface area contributed by atoms with Crippen molar-refractivity contribution in [3.05, 3.63) is 56.5 Å². The number of alkyl halides is 3. The summed E-state index contributed by atoms with van der Waals surface area (Å²) in [4.78, 5) is 51.9. The van der Waals surface area contributed by atoms with Crippen molar-refractivity contribution in [2.24, 2.45) is 0 Å². The Hall–Kier alpha value is -3.65. The summed E-state index contributed by atoms with van der Waals surface area (Å²) in [5.74, 6) is -1.64. The van der Waals surface area contributed by atoms with Crippen LogP contribution in [0.1, 0.15) is 36.3 Å². The summed E-state index contributed by atoms with van der Waals surface area (Å²) in [6.07, 6.45) is -1.56. The first-order valence-electron chi connectivity index (χ1n) is 9.02. The van der Waals surface area contributed by atoms with Gasteiger partial charge in [-0.15, -0.1) is 11.3 Å². The van der Waals surface area contributed by atoms with E-state index in [1.165, 1.54) is 6.20 Å². The maximum Gasteiger partial charge on any atom is 0.418 e. The van der Waals surface area contributed by atoms with Gasteiger partial charge in [0.25, 0.3) is 11.8 Å². The fourth-order valence-electron chi connectivity index (χ4n) is 2.86. The summed E-state index contributed by atoms with van der Waals surface area (Å²) < 4.78 is 38.9. The number of carbonyl (C=O) groups is 3. The fraction of sp³-hybridized carbons (Fsp3) is 0.167. The number of nitrogens with one attached hydrogen (secondary N) is 3. The van der Waals surface area contributed by atoms with Crippen LogP contribution in [-0.4, -0.2) is 37.7 Å². The van der Waals surface area contributed by atoms with Gasteiger partial charge in [0.1, 0.15) is 33.5 Å². The Morgan fingerprint density at radius 2 is 1.94 bits per heavy atom. The number of hydrogen-bond donors (Lipinski definition) is 3. The summed E-state index contributed by atoms with van der Waals surface area (Å²) in [7, 11) is 0. The van der Waals surface area contributed by atoms with Crippen LogP contribution in [0.3, 0.4) is 0 Å². The van der Waals surface area contributed by atoms with Gasteiger partial charge in [0.2, 0.25) is 5.91 Å². The first-order chi connectivity index (χ1) is 15.6. The molecule has 3 amide bonds. The van der Waals surface area contributed by atoms with Crippen LogP contribution >= 0.6 is 22.9 Å². The Labute approximate surface area is 191 Å². The molecule has 3 aromatic heterocycles. The Morgan fingerprint density at radius 3 is 2.70 bits per heavy atom. The zero-order valence-corrected chi connectivity index (χ0v) is 17.7. The second kappa shape index (κ2) is 8.71. The zero-order chi connectivity index (χ0) is 23.8.